The number of pyridine rings is 1. The molecule has 3 N–H and O–H groups in total. The first kappa shape index (κ1) is 18.9. The Morgan fingerprint density at radius 2 is 1.89 bits per heavy atom. The summed E-state index contributed by atoms with van der Waals surface area (Å²) in [4.78, 5) is 48.7. The maximum atomic E-state index is 15.0. The molecular formula is C16H11F3N4O5. The maximum absolute atomic E-state index is 15.0. The first-order chi connectivity index (χ1) is 13.2. The number of aryl methyl sites for hydroxylation is 1. The van der Waals surface area contributed by atoms with Gasteiger partial charge >= 0.3 is 17.2 Å². The number of carboxylic acids is 1. The summed E-state index contributed by atoms with van der Waals surface area (Å²) in [6.07, 6.45) is 1.37. The number of carbonyl (C=O) groups is 1. The SMILES string of the molecule is CCn1cc(C(=O)O)c(=O)c2cc(F)c(Nn3c(=O)[nH]cc(F)c3=O)c(F)c21. The van der Waals surface area contributed by atoms with E-state index in [1.807, 2.05) is 10.4 Å². The number of fused-ring (bicyclic) bond motifs is 1. The van der Waals surface area contributed by atoms with Gasteiger partial charge in [-0.05, 0) is 13.0 Å². The highest BCUT2D eigenvalue weighted by Gasteiger charge is 2.22. The van der Waals surface area contributed by atoms with Gasteiger partial charge in [-0.1, -0.05) is 0 Å². The third kappa shape index (κ3) is 2.84. The molecule has 28 heavy (non-hydrogen) atoms. The molecule has 0 aliphatic heterocycles. The number of hydrogen-bond donors (Lipinski definition) is 3. The van der Waals surface area contributed by atoms with E-state index in [1.54, 1.807) is 0 Å². The third-order valence-electron chi connectivity index (χ3n) is 3.98. The van der Waals surface area contributed by atoms with Crippen LogP contribution in [0, 0.1) is 17.5 Å². The minimum Gasteiger partial charge on any atom is -0.477 e. The molecule has 0 atom stereocenters. The summed E-state index contributed by atoms with van der Waals surface area (Å²) in [7, 11) is 0. The second kappa shape index (κ2) is 6.72. The largest absolute Gasteiger partial charge is 0.477 e. The monoisotopic (exact) mass is 396 g/mol. The Balaban J connectivity index is 2.36. The van der Waals surface area contributed by atoms with Crippen LogP contribution in [-0.4, -0.2) is 25.3 Å². The number of nitrogens with zero attached hydrogens (tertiary/aromatic N) is 2. The summed E-state index contributed by atoms with van der Waals surface area (Å²) in [6.45, 7) is 1.53. The van der Waals surface area contributed by atoms with Gasteiger partial charge < -0.3 is 14.7 Å². The summed E-state index contributed by atoms with van der Waals surface area (Å²) < 4.78 is 43.9. The van der Waals surface area contributed by atoms with Crippen molar-refractivity contribution >= 4 is 22.6 Å². The molecule has 2 aromatic heterocycles. The Labute approximate surface area is 152 Å². The van der Waals surface area contributed by atoms with Crippen LogP contribution in [0.15, 0.2) is 32.8 Å². The second-order valence-electron chi connectivity index (χ2n) is 5.60. The van der Waals surface area contributed by atoms with Crippen LogP contribution in [0.4, 0.5) is 18.9 Å². The Morgan fingerprint density at radius 1 is 1.21 bits per heavy atom. The van der Waals surface area contributed by atoms with E-state index in [4.69, 9.17) is 5.11 Å². The molecule has 0 amide bonds. The van der Waals surface area contributed by atoms with Crippen molar-refractivity contribution in [3.8, 4) is 0 Å². The molecule has 0 aliphatic rings. The van der Waals surface area contributed by atoms with E-state index < -0.39 is 62.3 Å². The zero-order valence-corrected chi connectivity index (χ0v) is 14.0. The highest BCUT2D eigenvalue weighted by atomic mass is 19.1. The van der Waals surface area contributed by atoms with Crippen LogP contribution in [0.5, 0.6) is 0 Å². The van der Waals surface area contributed by atoms with Crippen molar-refractivity contribution in [2.45, 2.75) is 13.5 Å². The minimum atomic E-state index is -1.57. The lowest BCUT2D eigenvalue weighted by atomic mass is 10.1. The Kier molecular flexibility index (Phi) is 4.55. The van der Waals surface area contributed by atoms with Gasteiger partial charge in [0.2, 0.25) is 11.2 Å². The van der Waals surface area contributed by atoms with Gasteiger partial charge in [0.25, 0.3) is 0 Å². The zero-order valence-electron chi connectivity index (χ0n) is 14.0. The van der Waals surface area contributed by atoms with E-state index in [1.165, 1.54) is 6.92 Å². The van der Waals surface area contributed by atoms with Crippen LogP contribution < -0.4 is 22.1 Å². The molecule has 0 bridgehead atoms. The van der Waals surface area contributed by atoms with Crippen LogP contribution in [0.2, 0.25) is 0 Å². The fourth-order valence-electron chi connectivity index (χ4n) is 2.65. The van der Waals surface area contributed by atoms with Crippen molar-refractivity contribution in [2.75, 3.05) is 5.43 Å². The van der Waals surface area contributed by atoms with E-state index in [9.17, 15) is 28.0 Å². The average molecular weight is 396 g/mol. The molecule has 0 spiro atoms. The first-order valence-corrected chi connectivity index (χ1v) is 7.73. The number of aromatic nitrogens is 3. The Hall–Kier alpha value is -3.83. The average Bonchev–Trinajstić information content (AvgIpc) is 2.64. The molecule has 0 aliphatic carbocycles. The van der Waals surface area contributed by atoms with Crippen molar-refractivity contribution in [1.29, 1.82) is 0 Å². The van der Waals surface area contributed by atoms with Gasteiger partial charge in [0.1, 0.15) is 11.3 Å². The van der Waals surface area contributed by atoms with E-state index in [2.05, 4.69) is 0 Å². The van der Waals surface area contributed by atoms with Crippen LogP contribution in [0.25, 0.3) is 10.9 Å². The van der Waals surface area contributed by atoms with Crippen molar-refractivity contribution in [1.82, 2.24) is 14.2 Å². The fraction of sp³-hybridized carbons (Fsp3) is 0.125. The van der Waals surface area contributed by atoms with Gasteiger partial charge in [-0.3, -0.25) is 15.0 Å². The van der Waals surface area contributed by atoms with E-state index in [0.717, 1.165) is 10.8 Å². The molecule has 0 saturated carbocycles. The fourth-order valence-corrected chi connectivity index (χ4v) is 2.65. The van der Waals surface area contributed by atoms with E-state index in [0.29, 0.717) is 12.3 Å². The number of benzene rings is 1. The standard InChI is InChI=1S/C16H11F3N4O5/c1-2-22-5-7(15(26)27)13(24)6-3-8(17)11(10(19)12(6)22)21-23-14(25)9(18)4-20-16(23)28/h3-5,21H,2H2,1H3,(H,20,28)(H,26,27). The summed E-state index contributed by atoms with van der Waals surface area (Å²) in [5.74, 6) is -5.73. The molecule has 1 aromatic carbocycles. The number of hydrogen-bond acceptors (Lipinski definition) is 5. The number of halogens is 3. The molecule has 2 heterocycles. The molecule has 0 radical (unpaired) electrons. The second-order valence-corrected chi connectivity index (χ2v) is 5.60. The lowest BCUT2D eigenvalue weighted by Crippen LogP contribution is -2.41. The Morgan fingerprint density at radius 3 is 2.50 bits per heavy atom. The van der Waals surface area contributed by atoms with Crippen LogP contribution in [0.3, 0.4) is 0 Å². The smallest absolute Gasteiger partial charge is 0.347 e. The first-order valence-electron chi connectivity index (χ1n) is 7.73. The number of rotatable bonds is 4. The summed E-state index contributed by atoms with van der Waals surface area (Å²) >= 11 is 0. The normalized spacial score (nSPS) is 11.0. The summed E-state index contributed by atoms with van der Waals surface area (Å²) in [5.41, 5.74) is -4.09. The van der Waals surface area contributed by atoms with Crippen molar-refractivity contribution in [3.63, 3.8) is 0 Å². The highest BCUT2D eigenvalue weighted by Crippen LogP contribution is 2.27. The Bertz CT molecular complexity index is 1310. The topological polar surface area (TPSA) is 126 Å². The van der Waals surface area contributed by atoms with Crippen molar-refractivity contribution in [2.24, 2.45) is 0 Å². The number of carboxylic acid groups (broad SMARTS) is 1. The van der Waals surface area contributed by atoms with Gasteiger partial charge in [-0.25, -0.2) is 18.4 Å². The lowest BCUT2D eigenvalue weighted by Gasteiger charge is -2.15. The number of aromatic amines is 1. The van der Waals surface area contributed by atoms with E-state index in [-0.39, 0.29) is 11.2 Å². The summed E-state index contributed by atoms with van der Waals surface area (Å²) in [5, 5.41) is 8.54. The molecular weight excluding hydrogens is 385 g/mol. The molecule has 9 nitrogen and oxygen atoms in total. The molecule has 0 fully saturated rings. The van der Waals surface area contributed by atoms with Crippen LogP contribution in [0.1, 0.15) is 17.3 Å². The van der Waals surface area contributed by atoms with Gasteiger partial charge in [0.05, 0.1) is 10.9 Å². The number of anilines is 1. The van der Waals surface area contributed by atoms with Crippen molar-refractivity contribution in [3.05, 3.63) is 72.5 Å². The maximum Gasteiger partial charge on any atom is 0.347 e. The summed E-state index contributed by atoms with van der Waals surface area (Å²) in [6, 6.07) is 0.570. The van der Waals surface area contributed by atoms with Crippen LogP contribution in [-0.2, 0) is 6.54 Å². The van der Waals surface area contributed by atoms with Crippen molar-refractivity contribution < 1.29 is 23.1 Å². The number of aromatic carboxylic acids is 1. The molecule has 0 saturated heterocycles. The number of nitrogens with one attached hydrogen (secondary N) is 2. The molecule has 3 aromatic rings. The van der Waals surface area contributed by atoms with Gasteiger partial charge in [-0.15, -0.1) is 0 Å². The molecule has 146 valence electrons. The zero-order chi connectivity index (χ0) is 20.7. The molecule has 12 heteroatoms. The minimum absolute atomic E-state index is 0.0134. The molecule has 3 rings (SSSR count). The molecule has 0 unspecified atom stereocenters. The lowest BCUT2D eigenvalue weighted by molar-refractivity contribution is 0.0695. The third-order valence-corrected chi connectivity index (χ3v) is 3.98. The highest BCUT2D eigenvalue weighted by molar-refractivity contribution is 5.93. The predicted octanol–water partition coefficient (Wildman–Crippen LogP) is 0.862. The van der Waals surface area contributed by atoms with Gasteiger partial charge in [0, 0.05) is 18.9 Å². The van der Waals surface area contributed by atoms with Gasteiger partial charge in [0.15, 0.2) is 11.6 Å². The van der Waals surface area contributed by atoms with Gasteiger partial charge in [-0.2, -0.15) is 9.07 Å². The quantitative estimate of drug-likeness (QED) is 0.601. The van der Waals surface area contributed by atoms with Crippen LogP contribution >= 0.6 is 0 Å². The van der Waals surface area contributed by atoms with E-state index >= 15 is 4.39 Å². The number of H-pyrrole nitrogens is 1. The predicted molar refractivity (Wildman–Crippen MR) is 91.1 cm³/mol.